The summed E-state index contributed by atoms with van der Waals surface area (Å²) in [5, 5.41) is 3.12. The standard InChI is InChI=1S/C25H35NO4/c1-8-20(17-10-15-22(28-6)23(16-17)29-7)26-24(27)21(9-2)30-19-13-11-18(12-14-19)25(3,4)5/h10-16,20-21H,8-9H2,1-7H3,(H,26,27)/t20-,21+/m0/s1. The number of methoxy groups -OCH3 is 2. The highest BCUT2D eigenvalue weighted by molar-refractivity contribution is 5.81. The quantitative estimate of drug-likeness (QED) is 0.596. The van der Waals surface area contributed by atoms with E-state index in [1.165, 1.54) is 5.56 Å². The van der Waals surface area contributed by atoms with Crippen LogP contribution in [0.3, 0.4) is 0 Å². The molecule has 0 aliphatic heterocycles. The van der Waals surface area contributed by atoms with Gasteiger partial charge in [0.2, 0.25) is 0 Å². The van der Waals surface area contributed by atoms with E-state index in [0.717, 1.165) is 12.0 Å². The van der Waals surface area contributed by atoms with Gasteiger partial charge in [-0.15, -0.1) is 0 Å². The fourth-order valence-electron chi connectivity index (χ4n) is 3.28. The van der Waals surface area contributed by atoms with Crippen LogP contribution >= 0.6 is 0 Å². The largest absolute Gasteiger partial charge is 0.493 e. The number of rotatable bonds is 9. The van der Waals surface area contributed by atoms with Crippen LogP contribution in [-0.2, 0) is 10.2 Å². The Hall–Kier alpha value is -2.69. The van der Waals surface area contributed by atoms with Gasteiger partial charge in [-0.1, -0.05) is 52.8 Å². The van der Waals surface area contributed by atoms with Gasteiger partial charge in [-0.2, -0.15) is 0 Å². The number of carbonyl (C=O) groups excluding carboxylic acids is 1. The molecule has 0 spiro atoms. The molecule has 0 radical (unpaired) electrons. The van der Waals surface area contributed by atoms with E-state index < -0.39 is 6.10 Å². The highest BCUT2D eigenvalue weighted by Gasteiger charge is 2.23. The second-order valence-corrected chi connectivity index (χ2v) is 8.37. The smallest absolute Gasteiger partial charge is 0.261 e. The average Bonchev–Trinajstić information content (AvgIpc) is 2.74. The van der Waals surface area contributed by atoms with Crippen LogP contribution in [-0.4, -0.2) is 26.2 Å². The van der Waals surface area contributed by atoms with Crippen LogP contribution < -0.4 is 19.5 Å². The number of carbonyl (C=O) groups is 1. The first-order valence-corrected chi connectivity index (χ1v) is 10.5. The van der Waals surface area contributed by atoms with Gasteiger partial charge in [-0.05, 0) is 53.6 Å². The Morgan fingerprint density at radius 1 is 0.933 bits per heavy atom. The number of ether oxygens (including phenoxy) is 3. The Morgan fingerprint density at radius 2 is 1.57 bits per heavy atom. The van der Waals surface area contributed by atoms with Crippen LogP contribution in [0.2, 0.25) is 0 Å². The van der Waals surface area contributed by atoms with E-state index in [1.54, 1.807) is 14.2 Å². The number of nitrogens with one attached hydrogen (secondary N) is 1. The van der Waals surface area contributed by atoms with Crippen molar-refractivity contribution in [1.29, 1.82) is 0 Å². The molecule has 0 aromatic heterocycles. The first-order chi connectivity index (χ1) is 14.2. The van der Waals surface area contributed by atoms with E-state index >= 15 is 0 Å². The van der Waals surface area contributed by atoms with Crippen LogP contribution in [0.4, 0.5) is 0 Å². The molecule has 0 unspecified atom stereocenters. The zero-order valence-corrected chi connectivity index (χ0v) is 19.2. The minimum absolute atomic E-state index is 0.0772. The van der Waals surface area contributed by atoms with Gasteiger partial charge in [0.05, 0.1) is 20.3 Å². The van der Waals surface area contributed by atoms with Gasteiger partial charge in [0.25, 0.3) is 5.91 Å². The summed E-state index contributed by atoms with van der Waals surface area (Å²) in [6.45, 7) is 10.5. The van der Waals surface area contributed by atoms with Crippen LogP contribution in [0, 0.1) is 0 Å². The normalized spacial score (nSPS) is 13.3. The number of hydrogen-bond donors (Lipinski definition) is 1. The third-order valence-electron chi connectivity index (χ3n) is 5.20. The second kappa shape index (κ2) is 10.4. The first kappa shape index (κ1) is 23.6. The monoisotopic (exact) mass is 413 g/mol. The van der Waals surface area contributed by atoms with E-state index in [0.29, 0.717) is 23.7 Å². The predicted molar refractivity (Wildman–Crippen MR) is 121 cm³/mol. The van der Waals surface area contributed by atoms with Crippen molar-refractivity contribution in [2.75, 3.05) is 14.2 Å². The lowest BCUT2D eigenvalue weighted by atomic mass is 9.87. The van der Waals surface area contributed by atoms with Crippen LogP contribution in [0.1, 0.15) is 64.6 Å². The van der Waals surface area contributed by atoms with Crippen molar-refractivity contribution in [2.45, 2.75) is 65.0 Å². The summed E-state index contributed by atoms with van der Waals surface area (Å²) >= 11 is 0. The van der Waals surface area contributed by atoms with Crippen molar-refractivity contribution in [3.8, 4) is 17.2 Å². The summed E-state index contributed by atoms with van der Waals surface area (Å²) in [5.41, 5.74) is 2.27. The molecule has 5 nitrogen and oxygen atoms in total. The summed E-state index contributed by atoms with van der Waals surface area (Å²) in [5.74, 6) is 1.88. The number of benzene rings is 2. The van der Waals surface area contributed by atoms with E-state index in [4.69, 9.17) is 14.2 Å². The molecule has 0 aliphatic carbocycles. The third kappa shape index (κ3) is 5.91. The highest BCUT2D eigenvalue weighted by atomic mass is 16.5. The van der Waals surface area contributed by atoms with Crippen molar-refractivity contribution < 1.29 is 19.0 Å². The van der Waals surface area contributed by atoms with Crippen molar-refractivity contribution in [1.82, 2.24) is 5.32 Å². The lowest BCUT2D eigenvalue weighted by molar-refractivity contribution is -0.128. The number of amides is 1. The molecule has 2 aromatic rings. The molecule has 2 aromatic carbocycles. The van der Waals surface area contributed by atoms with Crippen LogP contribution in [0.15, 0.2) is 42.5 Å². The molecule has 1 amide bonds. The highest BCUT2D eigenvalue weighted by Crippen LogP contribution is 2.31. The van der Waals surface area contributed by atoms with Gasteiger partial charge in [0.1, 0.15) is 5.75 Å². The molecule has 1 N–H and O–H groups in total. The van der Waals surface area contributed by atoms with Gasteiger partial charge in [0.15, 0.2) is 17.6 Å². The van der Waals surface area contributed by atoms with Crippen molar-refractivity contribution in [3.63, 3.8) is 0 Å². The topological polar surface area (TPSA) is 56.8 Å². The maximum absolute atomic E-state index is 12.9. The predicted octanol–water partition coefficient (Wildman–Crippen LogP) is 5.43. The summed E-state index contributed by atoms with van der Waals surface area (Å²) in [6, 6.07) is 13.5. The molecule has 0 bridgehead atoms. The van der Waals surface area contributed by atoms with Gasteiger partial charge >= 0.3 is 0 Å². The fraction of sp³-hybridized carbons (Fsp3) is 0.480. The lowest BCUT2D eigenvalue weighted by Crippen LogP contribution is -2.40. The molecule has 2 rings (SSSR count). The fourth-order valence-corrected chi connectivity index (χ4v) is 3.28. The Morgan fingerprint density at radius 3 is 2.07 bits per heavy atom. The SMILES string of the molecule is CC[C@H](NC(=O)[C@@H](CC)Oc1ccc(C(C)(C)C)cc1)c1ccc(OC)c(OC)c1. The van der Waals surface area contributed by atoms with Crippen LogP contribution in [0.25, 0.3) is 0 Å². The van der Waals surface area contributed by atoms with Crippen LogP contribution in [0.5, 0.6) is 17.2 Å². The molecule has 30 heavy (non-hydrogen) atoms. The van der Waals surface area contributed by atoms with E-state index in [1.807, 2.05) is 44.2 Å². The maximum atomic E-state index is 12.9. The molecule has 5 heteroatoms. The minimum Gasteiger partial charge on any atom is -0.493 e. The summed E-state index contributed by atoms with van der Waals surface area (Å²) < 4.78 is 16.7. The Balaban J connectivity index is 2.11. The summed E-state index contributed by atoms with van der Waals surface area (Å²) in [7, 11) is 3.21. The first-order valence-electron chi connectivity index (χ1n) is 10.5. The zero-order chi connectivity index (χ0) is 22.3. The summed E-state index contributed by atoms with van der Waals surface area (Å²) in [6.07, 6.45) is 0.771. The Labute approximate surface area is 180 Å². The Bertz CT molecular complexity index is 824. The minimum atomic E-state index is -0.556. The Kier molecular flexibility index (Phi) is 8.16. The molecule has 164 valence electrons. The molecular weight excluding hydrogens is 378 g/mol. The van der Waals surface area contributed by atoms with Crippen molar-refractivity contribution in [2.24, 2.45) is 0 Å². The van der Waals surface area contributed by atoms with E-state index in [-0.39, 0.29) is 17.4 Å². The molecule has 0 aliphatic rings. The molecule has 0 fully saturated rings. The molecular formula is C25H35NO4. The second-order valence-electron chi connectivity index (χ2n) is 8.37. The zero-order valence-electron chi connectivity index (χ0n) is 19.2. The van der Waals surface area contributed by atoms with E-state index in [9.17, 15) is 4.79 Å². The van der Waals surface area contributed by atoms with Gasteiger partial charge in [-0.3, -0.25) is 4.79 Å². The van der Waals surface area contributed by atoms with Gasteiger partial charge in [-0.25, -0.2) is 0 Å². The van der Waals surface area contributed by atoms with Gasteiger partial charge < -0.3 is 19.5 Å². The molecule has 2 atom stereocenters. The molecule has 0 saturated carbocycles. The maximum Gasteiger partial charge on any atom is 0.261 e. The summed E-state index contributed by atoms with van der Waals surface area (Å²) in [4.78, 5) is 12.9. The molecule has 0 saturated heterocycles. The van der Waals surface area contributed by atoms with Crippen molar-refractivity contribution in [3.05, 3.63) is 53.6 Å². The van der Waals surface area contributed by atoms with E-state index in [2.05, 4.69) is 38.2 Å². The third-order valence-corrected chi connectivity index (χ3v) is 5.20. The number of hydrogen-bond acceptors (Lipinski definition) is 4. The molecule has 0 heterocycles. The average molecular weight is 414 g/mol. The van der Waals surface area contributed by atoms with Gasteiger partial charge in [0, 0.05) is 0 Å². The van der Waals surface area contributed by atoms with Crippen molar-refractivity contribution >= 4 is 5.91 Å². The lowest BCUT2D eigenvalue weighted by Gasteiger charge is -2.24.